The molecule has 0 fully saturated rings. The number of thiophene rings is 1. The first-order valence-corrected chi connectivity index (χ1v) is 10.3. The highest BCUT2D eigenvalue weighted by molar-refractivity contribution is 7.17. The van der Waals surface area contributed by atoms with Crippen molar-refractivity contribution in [2.75, 3.05) is 27.2 Å². The molecule has 4 rings (SSSR count). The first-order valence-electron chi connectivity index (χ1n) is 9.42. The van der Waals surface area contributed by atoms with Crippen LogP contribution < -0.4 is 10.5 Å². The zero-order chi connectivity index (χ0) is 20.2. The van der Waals surface area contributed by atoms with Crippen LogP contribution in [-0.2, 0) is 0 Å². The number of pyridine rings is 1. The standard InChI is InChI=1S/C22H23N5OS/c1-27(2)12-13-28-22-25-20(19(23)17-10-6-7-11-24-17)18-16(14-29-21(18)26-22)15-8-4-3-5-9-15/h3-11,14,19H,12-13,23H2,1-2H3. The van der Waals surface area contributed by atoms with Crippen LogP contribution in [0.3, 0.4) is 0 Å². The minimum atomic E-state index is -0.477. The molecule has 1 atom stereocenters. The van der Waals surface area contributed by atoms with E-state index in [1.807, 2.05) is 50.5 Å². The van der Waals surface area contributed by atoms with Crippen LogP contribution in [0.4, 0.5) is 0 Å². The van der Waals surface area contributed by atoms with Crippen molar-refractivity contribution < 1.29 is 4.74 Å². The van der Waals surface area contributed by atoms with Gasteiger partial charge in [-0.2, -0.15) is 9.97 Å². The number of hydrogen-bond donors (Lipinski definition) is 1. The molecule has 0 aliphatic carbocycles. The Labute approximate surface area is 174 Å². The maximum Gasteiger partial charge on any atom is 0.318 e. The highest BCUT2D eigenvalue weighted by Gasteiger charge is 2.22. The zero-order valence-corrected chi connectivity index (χ0v) is 17.3. The van der Waals surface area contributed by atoms with Crippen LogP contribution >= 0.6 is 11.3 Å². The zero-order valence-electron chi connectivity index (χ0n) is 16.4. The summed E-state index contributed by atoms with van der Waals surface area (Å²) in [4.78, 5) is 16.7. The first kappa shape index (κ1) is 19.4. The van der Waals surface area contributed by atoms with Gasteiger partial charge in [-0.25, -0.2) is 0 Å². The number of hydrogen-bond acceptors (Lipinski definition) is 7. The van der Waals surface area contributed by atoms with E-state index in [9.17, 15) is 0 Å². The van der Waals surface area contributed by atoms with Gasteiger partial charge in [-0.15, -0.1) is 11.3 Å². The summed E-state index contributed by atoms with van der Waals surface area (Å²) in [7, 11) is 4.00. The van der Waals surface area contributed by atoms with Crippen molar-refractivity contribution in [2.24, 2.45) is 5.73 Å². The number of aromatic nitrogens is 3. The van der Waals surface area contributed by atoms with Crippen molar-refractivity contribution in [2.45, 2.75) is 6.04 Å². The van der Waals surface area contributed by atoms with Gasteiger partial charge in [0, 0.05) is 29.1 Å². The highest BCUT2D eigenvalue weighted by Crippen LogP contribution is 2.38. The second kappa shape index (κ2) is 8.65. The number of fused-ring (bicyclic) bond motifs is 1. The van der Waals surface area contributed by atoms with Crippen LogP contribution in [0.5, 0.6) is 6.01 Å². The van der Waals surface area contributed by atoms with Crippen LogP contribution in [0.2, 0.25) is 0 Å². The minimum Gasteiger partial charge on any atom is -0.462 e. The molecule has 6 nitrogen and oxygen atoms in total. The summed E-state index contributed by atoms with van der Waals surface area (Å²) < 4.78 is 5.83. The molecule has 4 aromatic rings. The van der Waals surface area contributed by atoms with E-state index in [-0.39, 0.29) is 0 Å². The molecule has 7 heteroatoms. The van der Waals surface area contributed by atoms with E-state index in [1.165, 1.54) is 0 Å². The van der Waals surface area contributed by atoms with Gasteiger partial charge in [0.05, 0.1) is 17.4 Å². The summed E-state index contributed by atoms with van der Waals surface area (Å²) in [5, 5.41) is 3.06. The topological polar surface area (TPSA) is 77.2 Å². The van der Waals surface area contributed by atoms with Gasteiger partial charge in [0.15, 0.2) is 0 Å². The fraction of sp³-hybridized carbons (Fsp3) is 0.227. The number of benzene rings is 1. The number of ether oxygens (including phenoxy) is 1. The normalized spacial score (nSPS) is 12.4. The third-order valence-electron chi connectivity index (χ3n) is 4.60. The number of nitrogens with zero attached hydrogens (tertiary/aromatic N) is 4. The predicted octanol–water partition coefficient (Wildman–Crippen LogP) is 3.74. The van der Waals surface area contributed by atoms with Crippen LogP contribution in [0.1, 0.15) is 17.4 Å². The molecule has 0 spiro atoms. The Balaban J connectivity index is 1.82. The van der Waals surface area contributed by atoms with E-state index in [0.717, 1.165) is 39.3 Å². The quantitative estimate of drug-likeness (QED) is 0.505. The van der Waals surface area contributed by atoms with Gasteiger partial charge in [-0.05, 0) is 31.8 Å². The summed E-state index contributed by atoms with van der Waals surface area (Å²) in [6.45, 7) is 1.29. The maximum absolute atomic E-state index is 6.62. The van der Waals surface area contributed by atoms with Crippen LogP contribution in [0.15, 0.2) is 60.1 Å². The summed E-state index contributed by atoms with van der Waals surface area (Å²) in [5.41, 5.74) is 10.3. The number of nitrogens with two attached hydrogens (primary N) is 1. The molecule has 0 amide bonds. The Morgan fingerprint density at radius 2 is 1.86 bits per heavy atom. The molecule has 0 aliphatic heterocycles. The van der Waals surface area contributed by atoms with E-state index in [1.54, 1.807) is 17.5 Å². The second-order valence-electron chi connectivity index (χ2n) is 6.97. The first-order chi connectivity index (χ1) is 14.1. The smallest absolute Gasteiger partial charge is 0.318 e. The molecule has 0 saturated heterocycles. The van der Waals surface area contributed by atoms with Gasteiger partial charge in [0.2, 0.25) is 0 Å². The summed E-state index contributed by atoms with van der Waals surface area (Å²) >= 11 is 1.57. The van der Waals surface area contributed by atoms with Gasteiger partial charge in [0.1, 0.15) is 11.4 Å². The molecule has 0 radical (unpaired) electrons. The second-order valence-corrected chi connectivity index (χ2v) is 7.83. The van der Waals surface area contributed by atoms with Crippen molar-refractivity contribution in [1.82, 2.24) is 19.9 Å². The lowest BCUT2D eigenvalue weighted by atomic mass is 10.0. The van der Waals surface area contributed by atoms with Gasteiger partial charge >= 0.3 is 6.01 Å². The van der Waals surface area contributed by atoms with Crippen molar-refractivity contribution in [3.8, 4) is 17.1 Å². The Bertz CT molecular complexity index is 1080. The number of likely N-dealkylation sites (N-methyl/N-ethyl adjacent to an activating group) is 1. The highest BCUT2D eigenvalue weighted by atomic mass is 32.1. The van der Waals surface area contributed by atoms with Crippen molar-refractivity contribution >= 4 is 21.6 Å². The average molecular weight is 406 g/mol. The molecular formula is C22H23N5OS. The SMILES string of the molecule is CN(C)CCOc1nc(C(N)c2ccccn2)c2c(-c3ccccc3)csc2n1. The molecule has 3 aromatic heterocycles. The van der Waals surface area contributed by atoms with Gasteiger partial charge in [-0.1, -0.05) is 36.4 Å². The van der Waals surface area contributed by atoms with Crippen molar-refractivity contribution in [1.29, 1.82) is 0 Å². The Kier molecular flexibility index (Phi) is 5.80. The van der Waals surface area contributed by atoms with Gasteiger partial charge in [-0.3, -0.25) is 4.98 Å². The third-order valence-corrected chi connectivity index (χ3v) is 5.47. The molecule has 1 unspecified atom stereocenters. The summed E-state index contributed by atoms with van der Waals surface area (Å²) in [6.07, 6.45) is 1.74. The lowest BCUT2D eigenvalue weighted by molar-refractivity contribution is 0.245. The fourth-order valence-corrected chi connectivity index (χ4v) is 4.03. The van der Waals surface area contributed by atoms with Crippen LogP contribution in [0, 0.1) is 0 Å². The molecule has 0 aliphatic rings. The lowest BCUT2D eigenvalue weighted by Crippen LogP contribution is -2.21. The molecule has 0 saturated carbocycles. The monoisotopic (exact) mass is 405 g/mol. The van der Waals surface area contributed by atoms with Crippen molar-refractivity contribution in [3.63, 3.8) is 0 Å². The van der Waals surface area contributed by atoms with Crippen LogP contribution in [0.25, 0.3) is 21.3 Å². The minimum absolute atomic E-state index is 0.349. The van der Waals surface area contributed by atoms with Crippen molar-refractivity contribution in [3.05, 3.63) is 71.5 Å². The Morgan fingerprint density at radius 1 is 1.07 bits per heavy atom. The average Bonchev–Trinajstić information content (AvgIpc) is 3.18. The summed E-state index contributed by atoms with van der Waals surface area (Å²) in [5.74, 6) is 0. The molecule has 148 valence electrons. The largest absolute Gasteiger partial charge is 0.462 e. The van der Waals surface area contributed by atoms with E-state index in [2.05, 4.69) is 32.4 Å². The molecule has 3 heterocycles. The van der Waals surface area contributed by atoms with E-state index < -0.39 is 6.04 Å². The molecular weight excluding hydrogens is 382 g/mol. The molecule has 29 heavy (non-hydrogen) atoms. The Morgan fingerprint density at radius 3 is 2.59 bits per heavy atom. The Hall–Kier alpha value is -2.87. The fourth-order valence-electron chi connectivity index (χ4n) is 3.09. The van der Waals surface area contributed by atoms with E-state index in [4.69, 9.17) is 15.5 Å². The van der Waals surface area contributed by atoms with E-state index in [0.29, 0.717) is 12.6 Å². The van der Waals surface area contributed by atoms with Crippen LogP contribution in [-0.4, -0.2) is 47.1 Å². The summed E-state index contributed by atoms with van der Waals surface area (Å²) in [6, 6.07) is 15.8. The number of rotatable bonds is 7. The lowest BCUT2D eigenvalue weighted by Gasteiger charge is -2.15. The van der Waals surface area contributed by atoms with Gasteiger partial charge in [0.25, 0.3) is 0 Å². The van der Waals surface area contributed by atoms with E-state index >= 15 is 0 Å². The maximum atomic E-state index is 6.62. The third kappa shape index (κ3) is 4.27. The molecule has 0 bridgehead atoms. The predicted molar refractivity (Wildman–Crippen MR) is 117 cm³/mol. The molecule has 2 N–H and O–H groups in total. The van der Waals surface area contributed by atoms with Gasteiger partial charge < -0.3 is 15.4 Å². The molecule has 1 aromatic carbocycles.